The maximum atomic E-state index is 12.2. The highest BCUT2D eigenvalue weighted by Gasteiger charge is 2.32. The van der Waals surface area contributed by atoms with Crippen LogP contribution in [0, 0.1) is 0 Å². The molecule has 0 radical (unpaired) electrons. The van der Waals surface area contributed by atoms with Crippen molar-refractivity contribution in [2.75, 3.05) is 39.5 Å². The summed E-state index contributed by atoms with van der Waals surface area (Å²) in [7, 11) is 4.39. The van der Waals surface area contributed by atoms with Gasteiger partial charge in [0.25, 0.3) is 0 Å². The molecule has 0 saturated carbocycles. The SMILES string of the molecule is CNCc1cccc(N2COCC(C(=O)OC)=C2C(=O)OC)c1. The minimum absolute atomic E-state index is 0.00378. The van der Waals surface area contributed by atoms with Crippen molar-refractivity contribution in [3.8, 4) is 0 Å². The molecule has 7 nitrogen and oxygen atoms in total. The summed E-state index contributed by atoms with van der Waals surface area (Å²) >= 11 is 0. The van der Waals surface area contributed by atoms with Crippen molar-refractivity contribution < 1.29 is 23.8 Å². The number of benzene rings is 1. The molecule has 23 heavy (non-hydrogen) atoms. The molecule has 1 heterocycles. The first-order chi connectivity index (χ1) is 11.1. The molecule has 1 aliphatic heterocycles. The Morgan fingerprint density at radius 3 is 2.65 bits per heavy atom. The van der Waals surface area contributed by atoms with Crippen LogP contribution in [0.4, 0.5) is 5.69 Å². The van der Waals surface area contributed by atoms with E-state index in [2.05, 4.69) is 5.32 Å². The Bertz CT molecular complexity index is 627. The topological polar surface area (TPSA) is 77.1 Å². The Morgan fingerprint density at radius 2 is 2.00 bits per heavy atom. The number of anilines is 1. The molecule has 2 rings (SSSR count). The summed E-state index contributed by atoms with van der Waals surface area (Å²) in [4.78, 5) is 25.7. The van der Waals surface area contributed by atoms with Gasteiger partial charge in [0.2, 0.25) is 0 Å². The predicted octanol–water partition coefficient (Wildman–Crippen LogP) is 0.800. The Morgan fingerprint density at radius 1 is 1.26 bits per heavy atom. The van der Waals surface area contributed by atoms with E-state index < -0.39 is 11.9 Å². The maximum absolute atomic E-state index is 12.2. The molecule has 0 amide bonds. The summed E-state index contributed by atoms with van der Waals surface area (Å²) in [5.41, 5.74) is 2.07. The third-order valence-corrected chi connectivity index (χ3v) is 3.44. The lowest BCUT2D eigenvalue weighted by Crippen LogP contribution is -2.38. The highest BCUT2D eigenvalue weighted by atomic mass is 16.5. The largest absolute Gasteiger partial charge is 0.466 e. The molecule has 7 heteroatoms. The van der Waals surface area contributed by atoms with Gasteiger partial charge in [0.05, 0.1) is 26.4 Å². The van der Waals surface area contributed by atoms with E-state index in [1.54, 1.807) is 4.90 Å². The maximum Gasteiger partial charge on any atom is 0.355 e. The van der Waals surface area contributed by atoms with Crippen LogP contribution in [-0.4, -0.2) is 46.5 Å². The molecular weight excluding hydrogens is 300 g/mol. The normalized spacial score (nSPS) is 14.7. The van der Waals surface area contributed by atoms with Gasteiger partial charge in [-0.3, -0.25) is 0 Å². The van der Waals surface area contributed by atoms with Gasteiger partial charge in [0.15, 0.2) is 0 Å². The van der Waals surface area contributed by atoms with E-state index in [1.807, 2.05) is 31.3 Å². The molecule has 0 atom stereocenters. The quantitative estimate of drug-likeness (QED) is 0.804. The van der Waals surface area contributed by atoms with Gasteiger partial charge in [0.1, 0.15) is 12.4 Å². The summed E-state index contributed by atoms with van der Waals surface area (Å²) < 4.78 is 15.0. The second-order valence-electron chi connectivity index (χ2n) is 4.92. The van der Waals surface area contributed by atoms with Gasteiger partial charge in [-0.25, -0.2) is 9.59 Å². The average Bonchev–Trinajstić information content (AvgIpc) is 2.60. The molecule has 0 saturated heterocycles. The van der Waals surface area contributed by atoms with Crippen LogP contribution in [0.3, 0.4) is 0 Å². The number of methoxy groups -OCH3 is 2. The fraction of sp³-hybridized carbons (Fsp3) is 0.375. The molecule has 0 spiro atoms. The second-order valence-corrected chi connectivity index (χ2v) is 4.92. The monoisotopic (exact) mass is 320 g/mol. The Hall–Kier alpha value is -2.38. The zero-order valence-electron chi connectivity index (χ0n) is 13.4. The smallest absolute Gasteiger partial charge is 0.355 e. The van der Waals surface area contributed by atoms with Crippen LogP contribution in [0.15, 0.2) is 35.5 Å². The van der Waals surface area contributed by atoms with E-state index in [0.717, 1.165) is 11.3 Å². The summed E-state index contributed by atoms with van der Waals surface area (Å²) in [6.07, 6.45) is 0. The van der Waals surface area contributed by atoms with E-state index in [9.17, 15) is 9.59 Å². The predicted molar refractivity (Wildman–Crippen MR) is 83.6 cm³/mol. The third-order valence-electron chi connectivity index (χ3n) is 3.44. The minimum atomic E-state index is -0.610. The summed E-state index contributed by atoms with van der Waals surface area (Å²) in [5.74, 6) is -1.21. The number of ether oxygens (including phenoxy) is 3. The van der Waals surface area contributed by atoms with E-state index in [0.29, 0.717) is 6.54 Å². The number of carbonyl (C=O) groups excluding carboxylic acids is 2. The van der Waals surface area contributed by atoms with Gasteiger partial charge in [-0.15, -0.1) is 0 Å². The third kappa shape index (κ3) is 3.69. The van der Waals surface area contributed by atoms with Crippen molar-refractivity contribution in [3.63, 3.8) is 0 Å². The van der Waals surface area contributed by atoms with Gasteiger partial charge in [-0.1, -0.05) is 12.1 Å². The summed E-state index contributed by atoms with van der Waals surface area (Å²) in [6.45, 7) is 0.835. The first-order valence-electron chi connectivity index (χ1n) is 7.11. The molecule has 1 N–H and O–H groups in total. The fourth-order valence-corrected chi connectivity index (χ4v) is 2.39. The highest BCUT2D eigenvalue weighted by molar-refractivity contribution is 6.03. The number of hydrogen-bond donors (Lipinski definition) is 1. The standard InChI is InChI=1S/C16H20N2O5/c1-17-8-11-5-4-6-12(7-11)18-10-23-9-13(15(19)21-2)14(18)16(20)22-3/h4-7,17H,8-10H2,1-3H3. The van der Waals surface area contributed by atoms with Crippen molar-refractivity contribution in [1.29, 1.82) is 0 Å². The number of nitrogens with zero attached hydrogens (tertiary/aromatic N) is 1. The minimum Gasteiger partial charge on any atom is -0.466 e. The van der Waals surface area contributed by atoms with Crippen molar-refractivity contribution >= 4 is 17.6 Å². The van der Waals surface area contributed by atoms with Crippen LogP contribution in [0.5, 0.6) is 0 Å². The lowest BCUT2D eigenvalue weighted by Gasteiger charge is -2.31. The number of carbonyl (C=O) groups is 2. The molecule has 1 aromatic carbocycles. The molecule has 0 unspecified atom stereocenters. The average molecular weight is 320 g/mol. The van der Waals surface area contributed by atoms with Crippen LogP contribution in [0.25, 0.3) is 0 Å². The molecule has 0 aliphatic carbocycles. The summed E-state index contributed by atoms with van der Waals surface area (Å²) in [5, 5.41) is 3.07. The van der Waals surface area contributed by atoms with Gasteiger partial charge >= 0.3 is 11.9 Å². The second kappa shape index (κ2) is 7.75. The Balaban J connectivity index is 2.48. The number of rotatable bonds is 5. The van der Waals surface area contributed by atoms with Crippen LogP contribution >= 0.6 is 0 Å². The molecule has 1 aromatic rings. The van der Waals surface area contributed by atoms with Crippen molar-refractivity contribution in [3.05, 3.63) is 41.1 Å². The van der Waals surface area contributed by atoms with Gasteiger partial charge in [-0.05, 0) is 24.7 Å². The van der Waals surface area contributed by atoms with E-state index in [-0.39, 0.29) is 24.6 Å². The van der Waals surface area contributed by atoms with Crippen LogP contribution in [-0.2, 0) is 30.3 Å². The lowest BCUT2D eigenvalue weighted by molar-refractivity contribution is -0.140. The molecule has 0 aromatic heterocycles. The van der Waals surface area contributed by atoms with E-state index >= 15 is 0 Å². The molecule has 124 valence electrons. The summed E-state index contributed by atoms with van der Waals surface area (Å²) in [6, 6.07) is 7.60. The molecule has 1 aliphatic rings. The molecular formula is C16H20N2O5. The zero-order valence-corrected chi connectivity index (χ0v) is 13.4. The molecule has 0 fully saturated rings. The van der Waals surface area contributed by atoms with Crippen LogP contribution in [0.2, 0.25) is 0 Å². The number of nitrogens with one attached hydrogen (secondary N) is 1. The van der Waals surface area contributed by atoms with Crippen LogP contribution < -0.4 is 10.2 Å². The van der Waals surface area contributed by atoms with Gasteiger partial charge in [0, 0.05) is 12.2 Å². The van der Waals surface area contributed by atoms with E-state index in [4.69, 9.17) is 14.2 Å². The molecule has 0 bridgehead atoms. The van der Waals surface area contributed by atoms with Crippen molar-refractivity contribution in [2.24, 2.45) is 0 Å². The number of hydrogen-bond acceptors (Lipinski definition) is 7. The van der Waals surface area contributed by atoms with Gasteiger partial charge < -0.3 is 24.4 Å². The first kappa shape index (κ1) is 17.0. The zero-order chi connectivity index (χ0) is 16.8. The first-order valence-corrected chi connectivity index (χ1v) is 7.11. The lowest BCUT2D eigenvalue weighted by atomic mass is 10.1. The van der Waals surface area contributed by atoms with E-state index in [1.165, 1.54) is 14.2 Å². The van der Waals surface area contributed by atoms with Crippen molar-refractivity contribution in [1.82, 2.24) is 5.32 Å². The van der Waals surface area contributed by atoms with Crippen LogP contribution in [0.1, 0.15) is 5.56 Å². The Labute approximate surface area is 134 Å². The highest BCUT2D eigenvalue weighted by Crippen LogP contribution is 2.27. The van der Waals surface area contributed by atoms with Gasteiger partial charge in [-0.2, -0.15) is 0 Å². The van der Waals surface area contributed by atoms with Crippen molar-refractivity contribution in [2.45, 2.75) is 6.54 Å². The Kier molecular flexibility index (Phi) is 5.72. The number of esters is 2. The fourth-order valence-electron chi connectivity index (χ4n) is 2.39.